The Bertz CT molecular complexity index is 650. The van der Waals surface area contributed by atoms with Crippen molar-refractivity contribution >= 4 is 51.2 Å². The molecule has 130 valence electrons. The molecule has 2 aliphatic rings. The molecule has 0 atom stereocenters. The van der Waals surface area contributed by atoms with Crippen LogP contribution in [0.1, 0.15) is 44.6 Å². The van der Waals surface area contributed by atoms with Crippen LogP contribution in [0.3, 0.4) is 0 Å². The van der Waals surface area contributed by atoms with Crippen LogP contribution < -0.4 is 4.74 Å². The molecule has 3 nitrogen and oxygen atoms in total. The van der Waals surface area contributed by atoms with Gasteiger partial charge < -0.3 is 9.47 Å². The number of halogens is 2. The second-order valence-electron chi connectivity index (χ2n) is 6.86. The number of carbonyl (C=O) groups excluding carboxylic acids is 1. The van der Waals surface area contributed by atoms with Crippen molar-refractivity contribution in [3.05, 3.63) is 36.5 Å². The molecule has 0 radical (unpaired) electrons. The molecule has 0 amide bonds. The van der Waals surface area contributed by atoms with Gasteiger partial charge >= 0.3 is 5.97 Å². The van der Waals surface area contributed by atoms with Crippen LogP contribution in [-0.2, 0) is 14.9 Å². The first kappa shape index (κ1) is 18.5. The van der Waals surface area contributed by atoms with Gasteiger partial charge in [0.25, 0.3) is 0 Å². The van der Waals surface area contributed by atoms with Crippen molar-refractivity contribution in [3.8, 4) is 5.75 Å². The Morgan fingerprint density at radius 1 is 1.29 bits per heavy atom. The Kier molecular flexibility index (Phi) is 5.79. The third kappa shape index (κ3) is 4.08. The van der Waals surface area contributed by atoms with Crippen molar-refractivity contribution < 1.29 is 14.3 Å². The van der Waals surface area contributed by atoms with E-state index in [4.69, 9.17) is 9.47 Å². The molecule has 2 fully saturated rings. The van der Waals surface area contributed by atoms with E-state index in [-0.39, 0.29) is 5.97 Å². The average molecular weight is 552 g/mol. The van der Waals surface area contributed by atoms with Crippen molar-refractivity contribution in [1.29, 1.82) is 0 Å². The van der Waals surface area contributed by atoms with E-state index in [1.165, 1.54) is 31.9 Å². The van der Waals surface area contributed by atoms with Crippen molar-refractivity contribution in [3.63, 3.8) is 0 Å². The summed E-state index contributed by atoms with van der Waals surface area (Å²) in [6, 6.07) is 4.15. The van der Waals surface area contributed by atoms with Crippen molar-refractivity contribution in [1.82, 2.24) is 0 Å². The quantitative estimate of drug-likeness (QED) is 0.265. The lowest BCUT2D eigenvalue weighted by atomic mass is 9.96. The fourth-order valence-corrected chi connectivity index (χ4v) is 4.95. The Hall–Kier alpha value is -0.310. The van der Waals surface area contributed by atoms with E-state index in [1.807, 2.05) is 0 Å². The van der Waals surface area contributed by atoms with Gasteiger partial charge in [-0.2, -0.15) is 0 Å². The topological polar surface area (TPSA) is 35.5 Å². The average Bonchev–Trinajstić information content (AvgIpc) is 3.45. The highest BCUT2D eigenvalue weighted by Crippen LogP contribution is 2.50. The Morgan fingerprint density at radius 3 is 2.42 bits per heavy atom. The monoisotopic (exact) mass is 552 g/mol. The van der Waals surface area contributed by atoms with Gasteiger partial charge in [0.15, 0.2) is 0 Å². The fourth-order valence-electron chi connectivity index (χ4n) is 2.87. The molecule has 1 aromatic carbocycles. The minimum atomic E-state index is -0.423. The van der Waals surface area contributed by atoms with Gasteiger partial charge in [0, 0.05) is 0 Å². The molecule has 0 aromatic heterocycles. The number of benzene rings is 1. The number of methoxy groups -OCH3 is 1. The zero-order chi connectivity index (χ0) is 17.3. The number of hydrogen-bond acceptors (Lipinski definition) is 3. The maximum absolute atomic E-state index is 12.1. The van der Waals surface area contributed by atoms with Crippen LogP contribution in [0, 0.1) is 13.1 Å². The molecule has 0 heterocycles. The summed E-state index contributed by atoms with van der Waals surface area (Å²) in [5.41, 5.74) is 1.91. The van der Waals surface area contributed by atoms with Crippen LogP contribution in [0.15, 0.2) is 23.8 Å². The summed E-state index contributed by atoms with van der Waals surface area (Å²) >= 11 is 4.60. The van der Waals surface area contributed by atoms with Crippen LogP contribution >= 0.6 is 45.2 Å². The molecule has 0 spiro atoms. The number of esters is 1. The lowest BCUT2D eigenvalue weighted by Gasteiger charge is -2.17. The van der Waals surface area contributed by atoms with Crippen LogP contribution in [0.5, 0.6) is 5.75 Å². The van der Waals surface area contributed by atoms with Crippen molar-refractivity contribution in [2.45, 2.75) is 44.4 Å². The van der Waals surface area contributed by atoms with Gasteiger partial charge in [0.2, 0.25) is 0 Å². The van der Waals surface area contributed by atoms with E-state index < -0.39 is 5.41 Å². The van der Waals surface area contributed by atoms with E-state index in [0.717, 1.165) is 37.2 Å². The minimum absolute atomic E-state index is 0.123. The maximum Gasteiger partial charge on any atom is 0.316 e. The van der Waals surface area contributed by atoms with Gasteiger partial charge in [-0.3, -0.25) is 4.79 Å². The third-order valence-electron chi connectivity index (χ3n) is 4.82. The molecule has 24 heavy (non-hydrogen) atoms. The van der Waals surface area contributed by atoms with Gasteiger partial charge in [-0.15, -0.1) is 0 Å². The summed E-state index contributed by atoms with van der Waals surface area (Å²) < 4.78 is 13.2. The third-order valence-corrected chi connectivity index (χ3v) is 6.42. The van der Waals surface area contributed by atoms with E-state index in [9.17, 15) is 4.79 Å². The molecule has 2 saturated carbocycles. The van der Waals surface area contributed by atoms with Gasteiger partial charge in [-0.05, 0) is 113 Å². The lowest BCUT2D eigenvalue weighted by Crippen LogP contribution is -2.22. The zero-order valence-corrected chi connectivity index (χ0v) is 18.3. The van der Waals surface area contributed by atoms with E-state index in [1.54, 1.807) is 0 Å². The molecular formula is C19H22I2O3. The van der Waals surface area contributed by atoms with Crippen LogP contribution in [0.4, 0.5) is 0 Å². The Labute approximate surface area is 170 Å². The minimum Gasteiger partial charge on any atom is -0.487 e. The Balaban J connectivity index is 1.71. The second-order valence-corrected chi connectivity index (χ2v) is 9.19. The number of allylic oxidation sites excluding steroid dienone is 1. The summed E-state index contributed by atoms with van der Waals surface area (Å²) in [6.45, 7) is 2.76. The summed E-state index contributed by atoms with van der Waals surface area (Å²) in [4.78, 5) is 12.1. The normalized spacial score (nSPS) is 19.1. The standard InChI is InChI=1S/C19H22I2O3/c1-12(3-4-13-5-6-13)11-24-17-15(20)9-14(10-16(17)21)19(7-8-19)18(22)23-2/h3,9-10,13H,4-8,11H2,1-2H3. The molecule has 5 heteroatoms. The molecule has 3 rings (SSSR count). The summed E-state index contributed by atoms with van der Waals surface area (Å²) in [5, 5.41) is 0. The molecule has 0 unspecified atom stereocenters. The number of ether oxygens (including phenoxy) is 2. The van der Waals surface area contributed by atoms with E-state index in [0.29, 0.717) is 6.61 Å². The molecule has 0 saturated heterocycles. The highest BCUT2D eigenvalue weighted by atomic mass is 127. The maximum atomic E-state index is 12.1. The molecule has 0 N–H and O–H groups in total. The number of hydrogen-bond donors (Lipinski definition) is 0. The van der Waals surface area contributed by atoms with Crippen molar-refractivity contribution in [2.75, 3.05) is 13.7 Å². The first-order valence-corrected chi connectivity index (χ1v) is 10.5. The molecule has 2 aliphatic carbocycles. The summed E-state index contributed by atoms with van der Waals surface area (Å²) in [5.74, 6) is 1.70. The SMILES string of the molecule is COC(=O)C1(c2cc(I)c(OCC(C)=CCC3CC3)c(I)c2)CC1. The summed E-state index contributed by atoms with van der Waals surface area (Å²) in [7, 11) is 1.46. The smallest absolute Gasteiger partial charge is 0.316 e. The zero-order valence-electron chi connectivity index (χ0n) is 14.0. The predicted molar refractivity (Wildman–Crippen MR) is 111 cm³/mol. The number of carbonyl (C=O) groups is 1. The van der Waals surface area contributed by atoms with Gasteiger partial charge in [-0.1, -0.05) is 6.08 Å². The van der Waals surface area contributed by atoms with Gasteiger partial charge in [0.1, 0.15) is 12.4 Å². The Morgan fingerprint density at radius 2 is 1.92 bits per heavy atom. The fraction of sp³-hybridized carbons (Fsp3) is 0.526. The highest BCUT2D eigenvalue weighted by molar-refractivity contribution is 14.1. The van der Waals surface area contributed by atoms with Crippen LogP contribution in [0.25, 0.3) is 0 Å². The molecule has 0 aliphatic heterocycles. The molecule has 0 bridgehead atoms. The van der Waals surface area contributed by atoms with Crippen LogP contribution in [-0.4, -0.2) is 19.7 Å². The first-order valence-electron chi connectivity index (χ1n) is 8.32. The second kappa shape index (κ2) is 7.51. The van der Waals surface area contributed by atoms with E-state index >= 15 is 0 Å². The van der Waals surface area contributed by atoms with Crippen molar-refractivity contribution in [2.24, 2.45) is 5.92 Å². The van der Waals surface area contributed by atoms with Crippen LogP contribution in [0.2, 0.25) is 0 Å². The molecular weight excluding hydrogens is 530 g/mol. The first-order chi connectivity index (χ1) is 11.5. The largest absolute Gasteiger partial charge is 0.487 e. The highest BCUT2D eigenvalue weighted by Gasteiger charge is 2.52. The number of rotatable bonds is 7. The van der Waals surface area contributed by atoms with Gasteiger partial charge in [0.05, 0.1) is 19.7 Å². The summed E-state index contributed by atoms with van der Waals surface area (Å²) in [6.07, 6.45) is 7.99. The lowest BCUT2D eigenvalue weighted by molar-refractivity contribution is -0.143. The van der Waals surface area contributed by atoms with Gasteiger partial charge in [-0.25, -0.2) is 0 Å². The predicted octanol–water partition coefficient (Wildman–Crippen LogP) is 5.23. The molecule has 1 aromatic rings. The van der Waals surface area contributed by atoms with E-state index in [2.05, 4.69) is 70.3 Å².